The second-order valence-corrected chi connectivity index (χ2v) is 7.32. The van der Waals surface area contributed by atoms with Crippen molar-refractivity contribution in [3.05, 3.63) is 71.3 Å². The van der Waals surface area contributed by atoms with Gasteiger partial charge in [-0.05, 0) is 43.2 Å². The summed E-state index contributed by atoms with van der Waals surface area (Å²) in [5.74, 6) is -0.279. The molecule has 2 amide bonds. The molecule has 2 aromatic carbocycles. The molecule has 150 valence electrons. The van der Waals surface area contributed by atoms with E-state index in [4.69, 9.17) is 5.26 Å². The largest absolute Gasteiger partial charge is 0.341 e. The molecule has 1 heterocycles. The second-order valence-electron chi connectivity index (χ2n) is 7.32. The molecule has 0 saturated carbocycles. The van der Waals surface area contributed by atoms with Gasteiger partial charge in [0.2, 0.25) is 5.91 Å². The summed E-state index contributed by atoms with van der Waals surface area (Å²) in [5.41, 5.74) is 2.37. The lowest BCUT2D eigenvalue weighted by Gasteiger charge is -2.25. The third-order valence-electron chi connectivity index (χ3n) is 5.14. The van der Waals surface area contributed by atoms with E-state index in [1.54, 1.807) is 31.2 Å². The Hall–Kier alpha value is -3.17. The predicted molar refractivity (Wildman–Crippen MR) is 111 cm³/mol. The van der Waals surface area contributed by atoms with Gasteiger partial charge in [0.25, 0.3) is 5.91 Å². The average Bonchev–Trinajstić information content (AvgIpc) is 3.00. The molecule has 29 heavy (non-hydrogen) atoms. The molecule has 1 atom stereocenters. The second kappa shape index (κ2) is 9.85. The summed E-state index contributed by atoms with van der Waals surface area (Å²) in [6.07, 6.45) is 0.890. The maximum atomic E-state index is 12.8. The molecule has 0 bridgehead atoms. The minimum Gasteiger partial charge on any atom is -0.341 e. The zero-order valence-corrected chi connectivity index (χ0v) is 16.7. The number of rotatable bonds is 5. The van der Waals surface area contributed by atoms with Gasteiger partial charge in [-0.25, -0.2) is 0 Å². The van der Waals surface area contributed by atoms with E-state index in [1.807, 2.05) is 35.2 Å². The number of hydrogen-bond donors (Lipinski definition) is 1. The van der Waals surface area contributed by atoms with Crippen LogP contribution >= 0.6 is 0 Å². The van der Waals surface area contributed by atoms with Gasteiger partial charge in [-0.1, -0.05) is 30.3 Å². The number of nitriles is 1. The molecule has 1 aliphatic rings. The monoisotopic (exact) mass is 390 g/mol. The van der Waals surface area contributed by atoms with Gasteiger partial charge in [0.05, 0.1) is 11.6 Å². The van der Waals surface area contributed by atoms with Crippen LogP contribution in [0.2, 0.25) is 0 Å². The first kappa shape index (κ1) is 20.6. The fraction of sp³-hybridized carbons (Fsp3) is 0.348. The van der Waals surface area contributed by atoms with E-state index in [2.05, 4.69) is 16.3 Å². The number of carbonyl (C=O) groups is 2. The zero-order chi connectivity index (χ0) is 20.6. The highest BCUT2D eigenvalue weighted by atomic mass is 16.2. The Morgan fingerprint density at radius 3 is 2.45 bits per heavy atom. The van der Waals surface area contributed by atoms with Crippen LogP contribution in [0.4, 0.5) is 0 Å². The van der Waals surface area contributed by atoms with Gasteiger partial charge in [-0.15, -0.1) is 0 Å². The van der Waals surface area contributed by atoms with Gasteiger partial charge < -0.3 is 10.2 Å². The molecule has 1 unspecified atom stereocenters. The van der Waals surface area contributed by atoms with Gasteiger partial charge in [-0.3, -0.25) is 14.5 Å². The lowest BCUT2D eigenvalue weighted by Crippen LogP contribution is -2.48. The summed E-state index contributed by atoms with van der Waals surface area (Å²) in [5, 5.41) is 11.7. The van der Waals surface area contributed by atoms with E-state index in [1.165, 1.54) is 0 Å². The molecule has 2 aromatic rings. The van der Waals surface area contributed by atoms with Crippen molar-refractivity contribution in [3.8, 4) is 6.07 Å². The first-order valence-electron chi connectivity index (χ1n) is 9.93. The zero-order valence-electron chi connectivity index (χ0n) is 16.7. The number of benzene rings is 2. The van der Waals surface area contributed by atoms with Gasteiger partial charge in [0.15, 0.2) is 0 Å². The van der Waals surface area contributed by atoms with Gasteiger partial charge in [0.1, 0.15) is 6.04 Å². The van der Waals surface area contributed by atoms with Gasteiger partial charge >= 0.3 is 0 Å². The molecule has 6 heteroatoms. The van der Waals surface area contributed by atoms with Crippen LogP contribution in [0.1, 0.15) is 34.8 Å². The van der Waals surface area contributed by atoms with Crippen LogP contribution < -0.4 is 5.32 Å². The molecule has 0 radical (unpaired) electrons. The lowest BCUT2D eigenvalue weighted by atomic mass is 10.1. The van der Waals surface area contributed by atoms with Crippen LogP contribution in [0.15, 0.2) is 54.6 Å². The molecule has 3 rings (SSSR count). The van der Waals surface area contributed by atoms with Crippen LogP contribution in [-0.4, -0.2) is 53.8 Å². The van der Waals surface area contributed by atoms with E-state index >= 15 is 0 Å². The van der Waals surface area contributed by atoms with E-state index in [-0.39, 0.29) is 11.8 Å². The predicted octanol–water partition coefficient (Wildman–Crippen LogP) is 2.41. The van der Waals surface area contributed by atoms with Crippen molar-refractivity contribution >= 4 is 11.8 Å². The highest BCUT2D eigenvalue weighted by molar-refractivity contribution is 5.97. The molecule has 6 nitrogen and oxygen atoms in total. The molecule has 0 spiro atoms. The number of carbonyl (C=O) groups excluding carboxylic acids is 2. The van der Waals surface area contributed by atoms with E-state index in [9.17, 15) is 9.59 Å². The molecule has 1 saturated heterocycles. The van der Waals surface area contributed by atoms with Crippen LogP contribution in [0.3, 0.4) is 0 Å². The highest BCUT2D eigenvalue weighted by Crippen LogP contribution is 2.11. The van der Waals surface area contributed by atoms with Crippen molar-refractivity contribution in [1.82, 2.24) is 15.1 Å². The lowest BCUT2D eigenvalue weighted by molar-refractivity contribution is -0.132. The number of nitrogens with zero attached hydrogens (tertiary/aromatic N) is 3. The molecule has 1 aliphatic heterocycles. The molecular weight excluding hydrogens is 364 g/mol. The topological polar surface area (TPSA) is 76.4 Å². The number of nitrogens with one attached hydrogen (secondary N) is 1. The Morgan fingerprint density at radius 1 is 1.03 bits per heavy atom. The van der Waals surface area contributed by atoms with Crippen molar-refractivity contribution in [2.45, 2.75) is 25.9 Å². The van der Waals surface area contributed by atoms with Crippen LogP contribution in [0.25, 0.3) is 0 Å². The maximum Gasteiger partial charge on any atom is 0.251 e. The third-order valence-corrected chi connectivity index (χ3v) is 5.14. The Bertz CT molecular complexity index is 874. The van der Waals surface area contributed by atoms with Crippen molar-refractivity contribution in [2.75, 3.05) is 26.2 Å². The maximum absolute atomic E-state index is 12.8. The van der Waals surface area contributed by atoms with Crippen molar-refractivity contribution in [1.29, 1.82) is 5.26 Å². The van der Waals surface area contributed by atoms with E-state index in [0.717, 1.165) is 31.6 Å². The molecular formula is C23H26N4O2. The number of amides is 2. The Balaban J connectivity index is 1.52. The minimum atomic E-state index is -0.562. The quantitative estimate of drug-likeness (QED) is 0.851. The Kier molecular flexibility index (Phi) is 6.99. The van der Waals surface area contributed by atoms with Gasteiger partial charge in [0, 0.05) is 38.3 Å². The van der Waals surface area contributed by atoms with Crippen molar-refractivity contribution in [3.63, 3.8) is 0 Å². The van der Waals surface area contributed by atoms with Crippen molar-refractivity contribution in [2.24, 2.45) is 0 Å². The first-order chi connectivity index (χ1) is 14.1. The first-order valence-corrected chi connectivity index (χ1v) is 9.93. The van der Waals surface area contributed by atoms with E-state index in [0.29, 0.717) is 24.2 Å². The van der Waals surface area contributed by atoms with Crippen LogP contribution in [-0.2, 0) is 11.3 Å². The molecule has 1 fully saturated rings. The highest BCUT2D eigenvalue weighted by Gasteiger charge is 2.24. The van der Waals surface area contributed by atoms with Crippen LogP contribution in [0.5, 0.6) is 0 Å². The average molecular weight is 390 g/mol. The summed E-state index contributed by atoms with van der Waals surface area (Å²) in [6, 6.07) is 18.1. The van der Waals surface area contributed by atoms with Crippen molar-refractivity contribution < 1.29 is 9.59 Å². The molecule has 0 aromatic heterocycles. The fourth-order valence-electron chi connectivity index (χ4n) is 3.50. The van der Waals surface area contributed by atoms with Crippen LogP contribution in [0, 0.1) is 11.3 Å². The fourth-order valence-corrected chi connectivity index (χ4v) is 3.50. The summed E-state index contributed by atoms with van der Waals surface area (Å²) >= 11 is 0. The van der Waals surface area contributed by atoms with Gasteiger partial charge in [-0.2, -0.15) is 5.26 Å². The molecule has 0 aliphatic carbocycles. The summed E-state index contributed by atoms with van der Waals surface area (Å²) in [7, 11) is 0. The number of hydrogen-bond acceptors (Lipinski definition) is 4. The SMILES string of the molecule is CC(NC(=O)c1ccccc1)C(=O)N1CCCN(Cc2ccc(C#N)cc2)CC1. The standard InChI is InChI=1S/C23H26N4O2/c1-18(25-22(28)21-6-3-2-4-7-21)23(29)27-13-5-12-26(14-15-27)17-20-10-8-19(16-24)9-11-20/h2-4,6-11,18H,5,12-15,17H2,1H3,(H,25,28). The Labute approximate surface area is 171 Å². The summed E-state index contributed by atoms with van der Waals surface area (Å²) in [4.78, 5) is 29.3. The normalized spacial score (nSPS) is 15.8. The van der Waals surface area contributed by atoms with E-state index < -0.39 is 6.04 Å². The summed E-state index contributed by atoms with van der Waals surface area (Å²) < 4.78 is 0. The smallest absolute Gasteiger partial charge is 0.251 e. The third kappa shape index (κ3) is 5.66. The Morgan fingerprint density at radius 2 is 1.76 bits per heavy atom. The summed E-state index contributed by atoms with van der Waals surface area (Å²) in [6.45, 7) is 5.56. The minimum absolute atomic E-state index is 0.0468. The molecule has 1 N–H and O–H groups in total.